The van der Waals surface area contributed by atoms with E-state index in [4.69, 9.17) is 9.47 Å². The van der Waals surface area contributed by atoms with E-state index in [2.05, 4.69) is 36.1 Å². The zero-order chi connectivity index (χ0) is 21.6. The summed E-state index contributed by atoms with van der Waals surface area (Å²) in [5, 5.41) is 2.00. The van der Waals surface area contributed by atoms with E-state index in [9.17, 15) is 4.79 Å². The fraction of sp³-hybridized carbons (Fsp3) is 0.320. The summed E-state index contributed by atoms with van der Waals surface area (Å²) in [4.78, 5) is 18.1. The van der Waals surface area contributed by atoms with E-state index < -0.39 is 0 Å². The van der Waals surface area contributed by atoms with Gasteiger partial charge in [-0.2, -0.15) is 0 Å². The fourth-order valence-electron chi connectivity index (χ4n) is 3.74. The van der Waals surface area contributed by atoms with Crippen LogP contribution in [0.1, 0.15) is 26.4 Å². The van der Waals surface area contributed by atoms with Crippen LogP contribution in [-0.4, -0.2) is 49.0 Å². The number of amides is 1. The predicted molar refractivity (Wildman–Crippen MR) is 124 cm³/mol. The summed E-state index contributed by atoms with van der Waals surface area (Å²) in [6.45, 7) is 6.84. The zero-order valence-electron chi connectivity index (χ0n) is 18.0. The van der Waals surface area contributed by atoms with E-state index >= 15 is 0 Å². The molecule has 31 heavy (non-hydrogen) atoms. The summed E-state index contributed by atoms with van der Waals surface area (Å²) >= 11 is 1.49. The van der Waals surface area contributed by atoms with Crippen LogP contribution in [0.25, 0.3) is 0 Å². The van der Waals surface area contributed by atoms with E-state index in [1.165, 1.54) is 22.5 Å². The van der Waals surface area contributed by atoms with Crippen LogP contribution in [0.3, 0.4) is 0 Å². The van der Waals surface area contributed by atoms with Crippen molar-refractivity contribution in [3.8, 4) is 11.5 Å². The molecule has 6 heteroatoms. The maximum Gasteiger partial charge on any atom is 0.264 e. The number of carbonyl (C=O) groups excluding carboxylic acids is 1. The SMILES string of the molecule is COc1ccc(OCc2csc(C(=O)N3CCN(Cc4cccc(C)c4)CC3)c2)cc1. The zero-order valence-corrected chi connectivity index (χ0v) is 18.9. The molecule has 0 radical (unpaired) electrons. The maximum atomic E-state index is 12.9. The summed E-state index contributed by atoms with van der Waals surface area (Å²) in [7, 11) is 1.64. The van der Waals surface area contributed by atoms with Gasteiger partial charge in [-0.1, -0.05) is 29.8 Å². The molecule has 0 saturated carbocycles. The van der Waals surface area contributed by atoms with Crippen molar-refractivity contribution in [3.63, 3.8) is 0 Å². The van der Waals surface area contributed by atoms with Crippen molar-refractivity contribution in [3.05, 3.63) is 81.5 Å². The van der Waals surface area contributed by atoms with Gasteiger partial charge in [0.05, 0.1) is 12.0 Å². The summed E-state index contributed by atoms with van der Waals surface area (Å²) in [5.41, 5.74) is 3.64. The molecule has 1 amide bonds. The lowest BCUT2D eigenvalue weighted by Crippen LogP contribution is -2.48. The molecule has 4 rings (SSSR count). The van der Waals surface area contributed by atoms with E-state index in [0.29, 0.717) is 6.61 Å². The van der Waals surface area contributed by atoms with E-state index in [-0.39, 0.29) is 5.91 Å². The van der Waals surface area contributed by atoms with Crippen LogP contribution in [0.4, 0.5) is 0 Å². The number of rotatable bonds is 7. The van der Waals surface area contributed by atoms with Gasteiger partial charge in [0.15, 0.2) is 0 Å². The summed E-state index contributed by atoms with van der Waals surface area (Å²) in [6, 6.07) is 18.1. The maximum absolute atomic E-state index is 12.9. The number of nitrogens with zero attached hydrogens (tertiary/aromatic N) is 2. The van der Waals surface area contributed by atoms with Crippen molar-refractivity contribution < 1.29 is 14.3 Å². The Morgan fingerprint density at radius 2 is 1.71 bits per heavy atom. The van der Waals surface area contributed by atoms with Gasteiger partial charge >= 0.3 is 0 Å². The first-order chi connectivity index (χ1) is 15.1. The number of aryl methyl sites for hydroxylation is 1. The predicted octanol–water partition coefficient (Wildman–Crippen LogP) is 4.60. The van der Waals surface area contributed by atoms with Crippen molar-refractivity contribution in [2.45, 2.75) is 20.1 Å². The van der Waals surface area contributed by atoms with Crippen molar-refractivity contribution in [1.82, 2.24) is 9.80 Å². The molecule has 0 bridgehead atoms. The van der Waals surface area contributed by atoms with Crippen LogP contribution in [0.5, 0.6) is 11.5 Å². The Balaban J connectivity index is 1.26. The monoisotopic (exact) mass is 436 g/mol. The number of ether oxygens (including phenoxy) is 2. The molecule has 2 heterocycles. The number of methoxy groups -OCH3 is 1. The van der Waals surface area contributed by atoms with Crippen molar-refractivity contribution in [2.75, 3.05) is 33.3 Å². The molecule has 0 unspecified atom stereocenters. The molecule has 0 spiro atoms. The molecule has 3 aromatic rings. The van der Waals surface area contributed by atoms with Crippen LogP contribution in [0, 0.1) is 6.92 Å². The van der Waals surface area contributed by atoms with Crippen LogP contribution < -0.4 is 9.47 Å². The summed E-state index contributed by atoms with van der Waals surface area (Å²) in [5.74, 6) is 1.70. The van der Waals surface area contributed by atoms with Crippen molar-refractivity contribution in [1.29, 1.82) is 0 Å². The molecule has 0 N–H and O–H groups in total. The van der Waals surface area contributed by atoms with Crippen molar-refractivity contribution in [2.24, 2.45) is 0 Å². The molecule has 0 aliphatic carbocycles. The molecule has 5 nitrogen and oxygen atoms in total. The van der Waals surface area contributed by atoms with Crippen molar-refractivity contribution >= 4 is 17.2 Å². The number of hydrogen-bond donors (Lipinski definition) is 0. The first-order valence-electron chi connectivity index (χ1n) is 10.5. The van der Waals surface area contributed by atoms with E-state index in [1.807, 2.05) is 40.6 Å². The summed E-state index contributed by atoms with van der Waals surface area (Å²) < 4.78 is 11.0. The van der Waals surface area contributed by atoms with Gasteiger partial charge in [0.1, 0.15) is 18.1 Å². The Labute approximate surface area is 187 Å². The van der Waals surface area contributed by atoms with Gasteiger partial charge in [0, 0.05) is 38.3 Å². The third-order valence-corrected chi connectivity index (χ3v) is 6.44. The molecule has 1 aliphatic heterocycles. The molecule has 0 atom stereocenters. The molecule has 1 fully saturated rings. The topological polar surface area (TPSA) is 42.0 Å². The number of piperazine rings is 1. The van der Waals surface area contributed by atoms with Crippen LogP contribution in [-0.2, 0) is 13.2 Å². The number of thiophene rings is 1. The Kier molecular flexibility index (Phi) is 6.89. The second-order valence-corrected chi connectivity index (χ2v) is 8.75. The third kappa shape index (κ3) is 5.66. The highest BCUT2D eigenvalue weighted by Crippen LogP contribution is 2.22. The quantitative estimate of drug-likeness (QED) is 0.543. The first-order valence-corrected chi connectivity index (χ1v) is 11.4. The molecule has 2 aromatic carbocycles. The molecule has 1 aromatic heterocycles. The molecule has 1 saturated heterocycles. The normalized spacial score (nSPS) is 14.5. The van der Waals surface area contributed by atoms with E-state index in [1.54, 1.807) is 7.11 Å². The van der Waals surface area contributed by atoms with Crippen LogP contribution >= 0.6 is 11.3 Å². The van der Waals surface area contributed by atoms with E-state index in [0.717, 1.165) is 54.7 Å². The molecule has 1 aliphatic rings. The number of benzene rings is 2. The van der Waals surface area contributed by atoms with Crippen LogP contribution in [0.2, 0.25) is 0 Å². The Morgan fingerprint density at radius 1 is 0.968 bits per heavy atom. The third-order valence-electron chi connectivity index (χ3n) is 5.48. The Hall–Kier alpha value is -2.83. The van der Waals surface area contributed by atoms with Crippen LogP contribution in [0.15, 0.2) is 60.0 Å². The van der Waals surface area contributed by atoms with Gasteiger partial charge in [-0.05, 0) is 48.2 Å². The highest BCUT2D eigenvalue weighted by atomic mass is 32.1. The number of carbonyl (C=O) groups is 1. The molecule has 162 valence electrons. The standard InChI is InChI=1S/C25H28N2O3S/c1-19-4-3-5-20(14-19)16-26-10-12-27(13-11-26)25(28)24-15-21(18-31-24)17-30-23-8-6-22(29-2)7-9-23/h3-9,14-15,18H,10-13,16-17H2,1-2H3. The highest BCUT2D eigenvalue weighted by Gasteiger charge is 2.23. The Morgan fingerprint density at radius 3 is 2.42 bits per heavy atom. The Bertz CT molecular complexity index is 1010. The lowest BCUT2D eigenvalue weighted by Gasteiger charge is -2.34. The second kappa shape index (κ2) is 9.98. The minimum atomic E-state index is 0.121. The van der Waals surface area contributed by atoms with Gasteiger partial charge in [-0.25, -0.2) is 0 Å². The summed E-state index contributed by atoms with van der Waals surface area (Å²) in [6.07, 6.45) is 0. The average molecular weight is 437 g/mol. The second-order valence-electron chi connectivity index (χ2n) is 7.84. The number of hydrogen-bond acceptors (Lipinski definition) is 5. The lowest BCUT2D eigenvalue weighted by molar-refractivity contribution is 0.0633. The first kappa shape index (κ1) is 21.4. The van der Waals surface area contributed by atoms with Gasteiger partial charge < -0.3 is 14.4 Å². The average Bonchev–Trinajstić information content (AvgIpc) is 3.27. The fourth-order valence-corrected chi connectivity index (χ4v) is 4.60. The minimum Gasteiger partial charge on any atom is -0.497 e. The minimum absolute atomic E-state index is 0.121. The largest absolute Gasteiger partial charge is 0.497 e. The molecular formula is C25H28N2O3S. The van der Waals surface area contributed by atoms with Gasteiger partial charge in [0.2, 0.25) is 0 Å². The van der Waals surface area contributed by atoms with Gasteiger partial charge in [-0.3, -0.25) is 9.69 Å². The highest BCUT2D eigenvalue weighted by molar-refractivity contribution is 7.12. The van der Waals surface area contributed by atoms with Gasteiger partial charge in [-0.15, -0.1) is 11.3 Å². The van der Waals surface area contributed by atoms with Gasteiger partial charge in [0.25, 0.3) is 5.91 Å². The lowest BCUT2D eigenvalue weighted by atomic mass is 10.1. The molecular weight excluding hydrogens is 408 g/mol. The smallest absolute Gasteiger partial charge is 0.264 e.